The molecular formula is C13H11ClN4. The third kappa shape index (κ3) is 1.62. The number of nitrogen functional groups attached to an aromatic ring is 1. The predicted octanol–water partition coefficient (Wildman–Crippen LogP) is 2.87. The van der Waals surface area contributed by atoms with Crippen molar-refractivity contribution < 1.29 is 0 Å². The lowest BCUT2D eigenvalue weighted by Crippen LogP contribution is -1.92. The molecule has 0 saturated carbocycles. The minimum atomic E-state index is 0.421. The maximum Gasteiger partial charge on any atom is 0.156 e. The summed E-state index contributed by atoms with van der Waals surface area (Å²) in [6.45, 7) is 0. The Morgan fingerprint density at radius 3 is 2.56 bits per heavy atom. The third-order valence-corrected chi connectivity index (χ3v) is 3.20. The van der Waals surface area contributed by atoms with Gasteiger partial charge in [0.2, 0.25) is 0 Å². The summed E-state index contributed by atoms with van der Waals surface area (Å²) < 4.78 is 1.99. The third-order valence-electron chi connectivity index (χ3n) is 2.92. The van der Waals surface area contributed by atoms with Gasteiger partial charge in [0.15, 0.2) is 5.15 Å². The molecule has 0 radical (unpaired) electrons. The van der Waals surface area contributed by atoms with Gasteiger partial charge in [0.05, 0.1) is 5.52 Å². The summed E-state index contributed by atoms with van der Waals surface area (Å²) in [6, 6.07) is 9.49. The zero-order valence-electron chi connectivity index (χ0n) is 9.76. The molecule has 2 heterocycles. The Balaban J connectivity index is 2.27. The van der Waals surface area contributed by atoms with E-state index >= 15 is 0 Å². The maximum atomic E-state index is 6.05. The van der Waals surface area contributed by atoms with Crippen LogP contribution in [0, 0.1) is 0 Å². The van der Waals surface area contributed by atoms with Gasteiger partial charge in [-0.2, -0.15) is 0 Å². The molecule has 2 N–H and O–H groups in total. The van der Waals surface area contributed by atoms with E-state index in [1.165, 1.54) is 0 Å². The molecule has 5 heteroatoms. The van der Waals surface area contributed by atoms with Crippen LogP contribution >= 0.6 is 11.6 Å². The number of halogens is 1. The first-order chi connectivity index (χ1) is 8.66. The standard InChI is InChI=1S/C13H11ClN4/c1-18-10-6-7-16-12(14)11(10)17-13(18)8-2-4-9(15)5-3-8/h2-7H,15H2,1H3. The van der Waals surface area contributed by atoms with E-state index in [1.54, 1.807) is 6.20 Å². The molecular weight excluding hydrogens is 248 g/mol. The number of pyridine rings is 1. The Labute approximate surface area is 109 Å². The van der Waals surface area contributed by atoms with Crippen LogP contribution in [0.25, 0.3) is 22.4 Å². The van der Waals surface area contributed by atoms with Crippen molar-refractivity contribution >= 4 is 28.3 Å². The van der Waals surface area contributed by atoms with Crippen LogP contribution in [0.15, 0.2) is 36.5 Å². The number of fused-ring (bicyclic) bond motifs is 1. The highest BCUT2D eigenvalue weighted by molar-refractivity contribution is 6.33. The fourth-order valence-corrected chi connectivity index (χ4v) is 2.17. The summed E-state index contributed by atoms with van der Waals surface area (Å²) in [5.41, 5.74) is 9.09. The number of benzene rings is 1. The molecule has 3 aromatic rings. The second-order valence-corrected chi connectivity index (χ2v) is 4.44. The minimum Gasteiger partial charge on any atom is -0.399 e. The van der Waals surface area contributed by atoms with Crippen molar-refractivity contribution in [1.29, 1.82) is 0 Å². The first-order valence-electron chi connectivity index (χ1n) is 5.49. The van der Waals surface area contributed by atoms with Gasteiger partial charge in [-0.3, -0.25) is 0 Å². The quantitative estimate of drug-likeness (QED) is 0.539. The number of aromatic nitrogens is 3. The molecule has 0 aliphatic rings. The summed E-state index contributed by atoms with van der Waals surface area (Å²) in [4.78, 5) is 8.58. The maximum absolute atomic E-state index is 6.05. The normalized spacial score (nSPS) is 11.0. The SMILES string of the molecule is Cn1c(-c2ccc(N)cc2)nc2c(Cl)nccc21. The van der Waals surface area contributed by atoms with E-state index in [9.17, 15) is 0 Å². The monoisotopic (exact) mass is 258 g/mol. The van der Waals surface area contributed by atoms with Gasteiger partial charge >= 0.3 is 0 Å². The van der Waals surface area contributed by atoms with Gasteiger partial charge in [0, 0.05) is 24.5 Å². The molecule has 18 heavy (non-hydrogen) atoms. The average Bonchev–Trinajstić information content (AvgIpc) is 2.70. The molecule has 0 aliphatic heterocycles. The van der Waals surface area contributed by atoms with Crippen LogP contribution in [0.1, 0.15) is 0 Å². The van der Waals surface area contributed by atoms with Gasteiger partial charge in [-0.15, -0.1) is 0 Å². The molecule has 0 atom stereocenters. The Morgan fingerprint density at radius 1 is 1.17 bits per heavy atom. The van der Waals surface area contributed by atoms with Crippen molar-refractivity contribution in [2.45, 2.75) is 0 Å². The van der Waals surface area contributed by atoms with Crippen molar-refractivity contribution in [3.8, 4) is 11.4 Å². The van der Waals surface area contributed by atoms with Crippen LogP contribution in [0.5, 0.6) is 0 Å². The number of hydrogen-bond donors (Lipinski definition) is 1. The van der Waals surface area contributed by atoms with Gasteiger partial charge in [-0.05, 0) is 30.3 Å². The van der Waals surface area contributed by atoms with Gasteiger partial charge in [-0.25, -0.2) is 9.97 Å². The second-order valence-electron chi connectivity index (χ2n) is 4.09. The Morgan fingerprint density at radius 2 is 1.89 bits per heavy atom. The van der Waals surface area contributed by atoms with E-state index in [-0.39, 0.29) is 0 Å². The summed E-state index contributed by atoms with van der Waals surface area (Å²) in [5, 5.41) is 0.421. The largest absolute Gasteiger partial charge is 0.399 e. The van der Waals surface area contributed by atoms with Crippen LogP contribution < -0.4 is 5.73 Å². The highest BCUT2D eigenvalue weighted by Crippen LogP contribution is 2.27. The Hall–Kier alpha value is -2.07. The predicted molar refractivity (Wildman–Crippen MR) is 73.4 cm³/mol. The second kappa shape index (κ2) is 3.99. The highest BCUT2D eigenvalue weighted by Gasteiger charge is 2.12. The van der Waals surface area contributed by atoms with Crippen molar-refractivity contribution in [3.05, 3.63) is 41.7 Å². The van der Waals surface area contributed by atoms with E-state index in [2.05, 4.69) is 9.97 Å². The fourth-order valence-electron chi connectivity index (χ4n) is 1.98. The molecule has 0 unspecified atom stereocenters. The highest BCUT2D eigenvalue weighted by atomic mass is 35.5. The van der Waals surface area contributed by atoms with Crippen LogP contribution in [0.4, 0.5) is 5.69 Å². The number of rotatable bonds is 1. The average molecular weight is 259 g/mol. The molecule has 0 aliphatic carbocycles. The fraction of sp³-hybridized carbons (Fsp3) is 0.0769. The van der Waals surface area contributed by atoms with E-state index in [0.717, 1.165) is 22.6 Å². The lowest BCUT2D eigenvalue weighted by Gasteiger charge is -2.02. The molecule has 1 aromatic carbocycles. The lowest BCUT2D eigenvalue weighted by molar-refractivity contribution is 0.959. The first kappa shape index (κ1) is 11.0. The van der Waals surface area contributed by atoms with Crippen molar-refractivity contribution in [3.63, 3.8) is 0 Å². The molecule has 0 fully saturated rings. The number of imidazole rings is 1. The first-order valence-corrected chi connectivity index (χ1v) is 5.87. The topological polar surface area (TPSA) is 56.7 Å². The van der Waals surface area contributed by atoms with Crippen LogP contribution in [0.2, 0.25) is 5.15 Å². The smallest absolute Gasteiger partial charge is 0.156 e. The van der Waals surface area contributed by atoms with Gasteiger partial charge in [-0.1, -0.05) is 11.6 Å². The van der Waals surface area contributed by atoms with Gasteiger partial charge in [0.1, 0.15) is 11.3 Å². The number of hydrogen-bond acceptors (Lipinski definition) is 3. The number of aryl methyl sites for hydroxylation is 1. The molecule has 3 rings (SSSR count). The van der Waals surface area contributed by atoms with Crippen molar-refractivity contribution in [2.75, 3.05) is 5.73 Å². The van der Waals surface area contributed by atoms with Crippen LogP contribution in [0.3, 0.4) is 0 Å². The number of nitrogens with zero attached hydrogens (tertiary/aromatic N) is 3. The van der Waals surface area contributed by atoms with Crippen LogP contribution in [-0.4, -0.2) is 14.5 Å². The van der Waals surface area contributed by atoms with E-state index in [1.807, 2.05) is 41.9 Å². The summed E-state index contributed by atoms with van der Waals surface area (Å²) >= 11 is 6.05. The molecule has 0 spiro atoms. The molecule has 0 saturated heterocycles. The minimum absolute atomic E-state index is 0.421. The van der Waals surface area contributed by atoms with Crippen molar-refractivity contribution in [1.82, 2.24) is 14.5 Å². The zero-order valence-corrected chi connectivity index (χ0v) is 10.5. The Kier molecular flexibility index (Phi) is 2.45. The molecule has 2 aromatic heterocycles. The van der Waals surface area contributed by atoms with Gasteiger partial charge < -0.3 is 10.3 Å². The van der Waals surface area contributed by atoms with E-state index in [0.29, 0.717) is 10.7 Å². The summed E-state index contributed by atoms with van der Waals surface area (Å²) in [7, 11) is 1.96. The molecule has 0 bridgehead atoms. The number of anilines is 1. The number of nitrogens with two attached hydrogens (primary N) is 1. The van der Waals surface area contributed by atoms with E-state index in [4.69, 9.17) is 17.3 Å². The lowest BCUT2D eigenvalue weighted by atomic mass is 10.2. The van der Waals surface area contributed by atoms with E-state index < -0.39 is 0 Å². The molecule has 90 valence electrons. The molecule has 0 amide bonds. The summed E-state index contributed by atoms with van der Waals surface area (Å²) in [6.07, 6.45) is 1.68. The van der Waals surface area contributed by atoms with Gasteiger partial charge in [0.25, 0.3) is 0 Å². The Bertz CT molecular complexity index is 716. The molecule has 4 nitrogen and oxygen atoms in total. The zero-order chi connectivity index (χ0) is 12.7. The van der Waals surface area contributed by atoms with Crippen molar-refractivity contribution in [2.24, 2.45) is 7.05 Å². The van der Waals surface area contributed by atoms with Crippen LogP contribution in [-0.2, 0) is 7.05 Å². The summed E-state index contributed by atoms with van der Waals surface area (Å²) in [5.74, 6) is 0.847.